The Morgan fingerprint density at radius 1 is 0.972 bits per heavy atom. The van der Waals surface area contributed by atoms with Crippen molar-refractivity contribution in [1.29, 1.82) is 0 Å². The smallest absolute Gasteiger partial charge is 0.258 e. The van der Waals surface area contributed by atoms with Crippen LogP contribution in [0.1, 0.15) is 49.1 Å². The fraction of sp³-hybridized carbons (Fsp3) is 0.310. The Morgan fingerprint density at radius 3 is 2.25 bits per heavy atom. The molecule has 0 bridgehead atoms. The van der Waals surface area contributed by atoms with E-state index in [2.05, 4.69) is 5.32 Å². The average Bonchev–Trinajstić information content (AvgIpc) is 2.86. The number of hydrogen-bond donors (Lipinski definition) is 1. The number of nitrogens with zero attached hydrogens (tertiary/aromatic N) is 1. The minimum atomic E-state index is -0.577. The predicted molar refractivity (Wildman–Crippen MR) is 133 cm³/mol. The van der Waals surface area contributed by atoms with Crippen LogP contribution in [0.4, 0.5) is 8.78 Å². The summed E-state index contributed by atoms with van der Waals surface area (Å²) in [4.78, 5) is 27.5. The van der Waals surface area contributed by atoms with Crippen molar-refractivity contribution in [3.63, 3.8) is 0 Å². The van der Waals surface area contributed by atoms with E-state index in [0.29, 0.717) is 18.7 Å². The Kier molecular flexibility index (Phi) is 7.38. The number of nitrogens with one attached hydrogen (secondary N) is 1. The monoisotopic (exact) mass is 492 g/mol. The lowest BCUT2D eigenvalue weighted by Gasteiger charge is -2.41. The number of hydrogen-bond acceptors (Lipinski definition) is 3. The Bertz CT molecular complexity index is 1230. The zero-order valence-electron chi connectivity index (χ0n) is 20.7. The second-order valence-corrected chi connectivity index (χ2v) is 10.0. The molecule has 36 heavy (non-hydrogen) atoms. The van der Waals surface area contributed by atoms with Gasteiger partial charge in [0, 0.05) is 18.5 Å². The summed E-state index contributed by atoms with van der Waals surface area (Å²) >= 11 is 0. The van der Waals surface area contributed by atoms with E-state index in [-0.39, 0.29) is 36.6 Å². The van der Waals surface area contributed by atoms with Crippen LogP contribution >= 0.6 is 0 Å². The summed E-state index contributed by atoms with van der Waals surface area (Å²) in [6, 6.07) is 17.3. The van der Waals surface area contributed by atoms with E-state index in [0.717, 1.165) is 22.3 Å². The molecule has 1 atom stereocenters. The van der Waals surface area contributed by atoms with E-state index in [4.69, 9.17) is 4.74 Å². The third-order valence-electron chi connectivity index (χ3n) is 6.21. The van der Waals surface area contributed by atoms with Gasteiger partial charge in [-0.3, -0.25) is 9.59 Å². The van der Waals surface area contributed by atoms with Crippen molar-refractivity contribution in [2.75, 3.05) is 13.2 Å². The molecule has 0 unspecified atom stereocenters. The molecule has 3 aromatic carbocycles. The van der Waals surface area contributed by atoms with Crippen LogP contribution in [0.15, 0.2) is 66.7 Å². The van der Waals surface area contributed by atoms with Crippen molar-refractivity contribution in [2.24, 2.45) is 5.41 Å². The highest BCUT2D eigenvalue weighted by Gasteiger charge is 2.37. The molecule has 1 heterocycles. The van der Waals surface area contributed by atoms with Gasteiger partial charge in [-0.2, -0.15) is 0 Å². The number of carbonyl (C=O) groups excluding carboxylic acids is 2. The summed E-state index contributed by atoms with van der Waals surface area (Å²) in [6.45, 7) is 6.29. The van der Waals surface area contributed by atoms with E-state index in [1.165, 1.54) is 24.3 Å². The Morgan fingerprint density at radius 2 is 1.61 bits per heavy atom. The second kappa shape index (κ2) is 10.5. The van der Waals surface area contributed by atoms with Gasteiger partial charge in [0.05, 0.1) is 6.04 Å². The van der Waals surface area contributed by atoms with Gasteiger partial charge in [0.15, 0.2) is 6.61 Å². The van der Waals surface area contributed by atoms with E-state index in [9.17, 15) is 18.4 Å². The number of benzene rings is 3. The lowest BCUT2D eigenvalue weighted by atomic mass is 9.85. The molecule has 7 heteroatoms. The number of halogens is 2. The Labute approximate surface area is 210 Å². The first-order valence-corrected chi connectivity index (χ1v) is 11.9. The molecule has 4 rings (SSSR count). The van der Waals surface area contributed by atoms with Crippen LogP contribution < -0.4 is 10.1 Å². The molecule has 1 aliphatic rings. The summed E-state index contributed by atoms with van der Waals surface area (Å²) in [5, 5.41) is 2.75. The Hall–Kier alpha value is -3.74. The topological polar surface area (TPSA) is 58.6 Å². The summed E-state index contributed by atoms with van der Waals surface area (Å²) in [6.07, 6.45) is 0.688. The number of ether oxygens (including phenoxy) is 1. The van der Waals surface area contributed by atoms with Crippen molar-refractivity contribution in [3.05, 3.63) is 101 Å². The summed E-state index contributed by atoms with van der Waals surface area (Å²) in [5.74, 6) is -0.469. The van der Waals surface area contributed by atoms with E-state index in [1.54, 1.807) is 24.3 Å². The fourth-order valence-electron chi connectivity index (χ4n) is 4.34. The lowest BCUT2D eigenvalue weighted by molar-refractivity contribution is -0.141. The third-order valence-corrected chi connectivity index (χ3v) is 6.21. The van der Waals surface area contributed by atoms with Gasteiger partial charge in [-0.1, -0.05) is 51.1 Å². The molecule has 0 saturated carbocycles. The van der Waals surface area contributed by atoms with E-state index < -0.39 is 11.5 Å². The first-order chi connectivity index (χ1) is 17.1. The van der Waals surface area contributed by atoms with Crippen molar-refractivity contribution in [2.45, 2.75) is 39.8 Å². The molecular formula is C29H30F2N2O3. The first kappa shape index (κ1) is 25.4. The summed E-state index contributed by atoms with van der Waals surface area (Å²) in [7, 11) is 0. The first-order valence-electron chi connectivity index (χ1n) is 11.9. The molecule has 3 aromatic rings. The highest BCUT2D eigenvalue weighted by atomic mass is 19.1. The zero-order valence-corrected chi connectivity index (χ0v) is 20.7. The number of carbonyl (C=O) groups is 2. The van der Waals surface area contributed by atoms with E-state index in [1.807, 2.05) is 43.9 Å². The molecule has 0 spiro atoms. The van der Waals surface area contributed by atoms with Crippen LogP contribution in [-0.2, 0) is 22.6 Å². The molecule has 0 aromatic heterocycles. The van der Waals surface area contributed by atoms with Gasteiger partial charge in [-0.05, 0) is 65.1 Å². The quantitative estimate of drug-likeness (QED) is 0.516. The van der Waals surface area contributed by atoms with Crippen LogP contribution in [0.3, 0.4) is 0 Å². The molecular weight excluding hydrogens is 462 g/mol. The number of amides is 2. The standard InChI is InChI=1S/C29H30F2N2O3/c1-29(2,3)28(35)33-15-14-20-8-13-24(16-25(20)27(33)21-6-11-23(31)12-7-21)36-18-26(34)32-17-19-4-9-22(30)10-5-19/h4-13,16,27H,14-15,17-18H2,1-3H3,(H,32,34)/t27-/m0/s1. The second-order valence-electron chi connectivity index (χ2n) is 10.0. The molecule has 0 saturated heterocycles. The summed E-state index contributed by atoms with van der Waals surface area (Å²) in [5.41, 5.74) is 2.99. The van der Waals surface area contributed by atoms with Crippen molar-refractivity contribution in [1.82, 2.24) is 10.2 Å². The molecule has 5 nitrogen and oxygen atoms in total. The maximum atomic E-state index is 13.7. The number of rotatable bonds is 6. The van der Waals surface area contributed by atoms with Crippen LogP contribution in [0.2, 0.25) is 0 Å². The van der Waals surface area contributed by atoms with Gasteiger partial charge in [0.1, 0.15) is 17.4 Å². The fourth-order valence-corrected chi connectivity index (χ4v) is 4.34. The highest BCUT2D eigenvalue weighted by molar-refractivity contribution is 5.83. The lowest BCUT2D eigenvalue weighted by Crippen LogP contribution is -2.45. The minimum absolute atomic E-state index is 0.00830. The Balaban J connectivity index is 1.53. The van der Waals surface area contributed by atoms with Gasteiger partial charge in [-0.25, -0.2) is 8.78 Å². The molecule has 188 valence electrons. The van der Waals surface area contributed by atoms with Gasteiger partial charge in [0.2, 0.25) is 5.91 Å². The van der Waals surface area contributed by atoms with Crippen LogP contribution in [-0.4, -0.2) is 29.9 Å². The van der Waals surface area contributed by atoms with Gasteiger partial charge in [0.25, 0.3) is 5.91 Å². The average molecular weight is 493 g/mol. The molecule has 0 radical (unpaired) electrons. The van der Waals surface area contributed by atoms with Gasteiger partial charge < -0.3 is 15.0 Å². The number of fused-ring (bicyclic) bond motifs is 1. The largest absolute Gasteiger partial charge is 0.484 e. The maximum Gasteiger partial charge on any atom is 0.258 e. The molecule has 1 N–H and O–H groups in total. The van der Waals surface area contributed by atoms with Gasteiger partial charge in [-0.15, -0.1) is 0 Å². The molecule has 2 amide bonds. The zero-order chi connectivity index (χ0) is 25.9. The maximum absolute atomic E-state index is 13.7. The molecule has 0 fully saturated rings. The summed E-state index contributed by atoms with van der Waals surface area (Å²) < 4.78 is 32.5. The van der Waals surface area contributed by atoms with Gasteiger partial charge >= 0.3 is 0 Å². The van der Waals surface area contributed by atoms with Crippen molar-refractivity contribution >= 4 is 11.8 Å². The molecule has 1 aliphatic heterocycles. The van der Waals surface area contributed by atoms with Crippen molar-refractivity contribution in [3.8, 4) is 5.75 Å². The van der Waals surface area contributed by atoms with Crippen LogP contribution in [0.5, 0.6) is 5.75 Å². The van der Waals surface area contributed by atoms with Crippen molar-refractivity contribution < 1.29 is 23.1 Å². The SMILES string of the molecule is CC(C)(C)C(=O)N1CCc2ccc(OCC(=O)NCc3ccc(F)cc3)cc2[C@@H]1c1ccc(F)cc1. The predicted octanol–water partition coefficient (Wildman–Crippen LogP) is 5.18. The van der Waals surface area contributed by atoms with Crippen LogP contribution in [0.25, 0.3) is 0 Å². The van der Waals surface area contributed by atoms with Crippen LogP contribution in [0, 0.1) is 17.0 Å². The normalized spacial score (nSPS) is 15.2. The third kappa shape index (κ3) is 5.90. The minimum Gasteiger partial charge on any atom is -0.484 e. The molecule has 0 aliphatic carbocycles. The highest BCUT2D eigenvalue weighted by Crippen LogP contribution is 2.39. The van der Waals surface area contributed by atoms with E-state index >= 15 is 0 Å².